The fourth-order valence-corrected chi connectivity index (χ4v) is 4.95. The van der Waals surface area contributed by atoms with Crippen LogP contribution in [0.3, 0.4) is 0 Å². The molecule has 5 heteroatoms. The van der Waals surface area contributed by atoms with Gasteiger partial charge in [-0.05, 0) is 55.6 Å². The first-order chi connectivity index (χ1) is 14.3. The van der Waals surface area contributed by atoms with Gasteiger partial charge in [-0.15, -0.1) is 0 Å². The van der Waals surface area contributed by atoms with Crippen LogP contribution in [0.1, 0.15) is 24.0 Å². The Morgan fingerprint density at radius 3 is 2.69 bits per heavy atom. The van der Waals surface area contributed by atoms with E-state index in [0.717, 1.165) is 37.3 Å². The summed E-state index contributed by atoms with van der Waals surface area (Å²) in [5.41, 5.74) is 4.75. The Morgan fingerprint density at radius 1 is 1.03 bits per heavy atom. The molecule has 29 heavy (non-hydrogen) atoms. The van der Waals surface area contributed by atoms with Gasteiger partial charge in [0.15, 0.2) is 0 Å². The highest BCUT2D eigenvalue weighted by Gasteiger charge is 2.36. The molecule has 2 aliphatic heterocycles. The second kappa shape index (κ2) is 8.01. The van der Waals surface area contributed by atoms with Crippen molar-refractivity contribution in [1.29, 1.82) is 0 Å². The number of hydrogen-bond donors (Lipinski definition) is 2. The normalized spacial score (nSPS) is 22.6. The van der Waals surface area contributed by atoms with Gasteiger partial charge in [-0.25, -0.2) is 0 Å². The standard InChI is InChI=1S/C24H28N4O/c29-23-10-8-19(9-11-23)24-20(14-25-26-24)15-28-16-21-7-4-12-27(21)17-22(28)13-18-5-2-1-3-6-18/h1-3,5-6,8-11,14,21-22,29H,4,7,12-13,15-17H2,(H,25,26)/t21-,22-/m0/s1. The molecule has 2 aliphatic rings. The van der Waals surface area contributed by atoms with Crippen molar-refractivity contribution < 1.29 is 5.11 Å². The third kappa shape index (κ3) is 3.93. The molecule has 3 aromatic rings. The van der Waals surface area contributed by atoms with Crippen LogP contribution in [0.25, 0.3) is 11.3 Å². The van der Waals surface area contributed by atoms with Crippen LogP contribution in [0, 0.1) is 0 Å². The monoisotopic (exact) mass is 388 g/mol. The summed E-state index contributed by atoms with van der Waals surface area (Å²) in [6.45, 7) is 4.41. The Kier molecular flexibility index (Phi) is 5.08. The lowest BCUT2D eigenvalue weighted by Crippen LogP contribution is -2.56. The molecule has 0 aliphatic carbocycles. The molecule has 2 fully saturated rings. The van der Waals surface area contributed by atoms with Gasteiger partial charge in [-0.2, -0.15) is 5.10 Å². The molecular formula is C24H28N4O. The van der Waals surface area contributed by atoms with Gasteiger partial charge >= 0.3 is 0 Å². The number of nitrogens with zero attached hydrogens (tertiary/aromatic N) is 3. The number of phenolic OH excluding ortho intramolecular Hbond substituents is 1. The van der Waals surface area contributed by atoms with Crippen LogP contribution >= 0.6 is 0 Å². The second-order valence-electron chi connectivity index (χ2n) is 8.38. The van der Waals surface area contributed by atoms with Crippen molar-refractivity contribution in [3.8, 4) is 17.0 Å². The number of rotatable bonds is 5. The summed E-state index contributed by atoms with van der Waals surface area (Å²) in [7, 11) is 0. The van der Waals surface area contributed by atoms with Crippen LogP contribution in [0.5, 0.6) is 5.75 Å². The van der Waals surface area contributed by atoms with Gasteiger partial charge in [0.2, 0.25) is 0 Å². The smallest absolute Gasteiger partial charge is 0.115 e. The van der Waals surface area contributed by atoms with Gasteiger partial charge in [0, 0.05) is 42.8 Å². The summed E-state index contributed by atoms with van der Waals surface area (Å²) in [5.74, 6) is 0.287. The van der Waals surface area contributed by atoms with E-state index in [-0.39, 0.29) is 5.75 Å². The van der Waals surface area contributed by atoms with E-state index in [1.807, 2.05) is 18.3 Å². The van der Waals surface area contributed by atoms with Crippen molar-refractivity contribution in [2.45, 2.75) is 37.9 Å². The highest BCUT2D eigenvalue weighted by atomic mass is 16.3. The minimum atomic E-state index is 0.287. The average molecular weight is 389 g/mol. The summed E-state index contributed by atoms with van der Waals surface area (Å²) >= 11 is 0. The van der Waals surface area contributed by atoms with E-state index >= 15 is 0 Å². The van der Waals surface area contributed by atoms with Gasteiger partial charge in [0.05, 0.1) is 11.9 Å². The maximum Gasteiger partial charge on any atom is 0.115 e. The summed E-state index contributed by atoms with van der Waals surface area (Å²) in [4.78, 5) is 5.36. The van der Waals surface area contributed by atoms with Gasteiger partial charge in [0.1, 0.15) is 5.75 Å². The number of fused-ring (bicyclic) bond motifs is 1. The van der Waals surface area contributed by atoms with Crippen LogP contribution in [-0.2, 0) is 13.0 Å². The molecule has 5 nitrogen and oxygen atoms in total. The minimum Gasteiger partial charge on any atom is -0.508 e. The number of aromatic amines is 1. The number of piperazine rings is 1. The molecule has 2 aromatic carbocycles. The first-order valence-corrected chi connectivity index (χ1v) is 10.6. The van der Waals surface area contributed by atoms with Crippen LogP contribution in [0.15, 0.2) is 60.8 Å². The fraction of sp³-hybridized carbons (Fsp3) is 0.375. The number of phenols is 1. The van der Waals surface area contributed by atoms with E-state index in [4.69, 9.17) is 0 Å². The second-order valence-corrected chi connectivity index (χ2v) is 8.38. The largest absolute Gasteiger partial charge is 0.508 e. The van der Waals surface area contributed by atoms with E-state index in [1.165, 1.54) is 30.5 Å². The molecule has 2 N–H and O–H groups in total. The molecule has 2 atom stereocenters. The number of aromatic hydroxyl groups is 1. The van der Waals surface area contributed by atoms with Crippen LogP contribution < -0.4 is 0 Å². The quantitative estimate of drug-likeness (QED) is 0.700. The first kappa shape index (κ1) is 18.4. The average Bonchev–Trinajstić information content (AvgIpc) is 3.39. The molecule has 0 amide bonds. The van der Waals surface area contributed by atoms with Crippen LogP contribution in [-0.4, -0.2) is 56.8 Å². The zero-order chi connectivity index (χ0) is 19.6. The van der Waals surface area contributed by atoms with Gasteiger partial charge in [-0.3, -0.25) is 14.9 Å². The van der Waals surface area contributed by atoms with Gasteiger partial charge in [0.25, 0.3) is 0 Å². The van der Waals surface area contributed by atoms with Gasteiger partial charge in [-0.1, -0.05) is 30.3 Å². The Balaban J connectivity index is 1.39. The number of aromatic nitrogens is 2. The fourth-order valence-electron chi connectivity index (χ4n) is 4.95. The molecular weight excluding hydrogens is 360 g/mol. The Bertz CT molecular complexity index is 937. The van der Waals surface area contributed by atoms with Crippen molar-refractivity contribution in [3.63, 3.8) is 0 Å². The molecule has 150 valence electrons. The lowest BCUT2D eigenvalue weighted by atomic mass is 9.98. The number of nitrogens with one attached hydrogen (secondary N) is 1. The maximum absolute atomic E-state index is 9.61. The van der Waals surface area contributed by atoms with Crippen molar-refractivity contribution in [1.82, 2.24) is 20.0 Å². The summed E-state index contributed by atoms with van der Waals surface area (Å²) in [6.07, 6.45) is 5.67. The van der Waals surface area contributed by atoms with E-state index in [2.05, 4.69) is 50.3 Å². The highest BCUT2D eigenvalue weighted by molar-refractivity contribution is 5.63. The number of benzene rings is 2. The molecule has 0 unspecified atom stereocenters. The highest BCUT2D eigenvalue weighted by Crippen LogP contribution is 2.30. The van der Waals surface area contributed by atoms with Gasteiger partial charge < -0.3 is 5.11 Å². The molecule has 0 bridgehead atoms. The summed E-state index contributed by atoms with van der Waals surface area (Å²) < 4.78 is 0. The van der Waals surface area contributed by atoms with Crippen molar-refractivity contribution in [2.75, 3.05) is 19.6 Å². The van der Waals surface area contributed by atoms with Crippen LogP contribution in [0.2, 0.25) is 0 Å². The van der Waals surface area contributed by atoms with Crippen molar-refractivity contribution >= 4 is 0 Å². The lowest BCUT2D eigenvalue weighted by molar-refractivity contribution is 0.0457. The van der Waals surface area contributed by atoms with Crippen molar-refractivity contribution in [3.05, 3.63) is 71.9 Å². The molecule has 2 saturated heterocycles. The molecule has 0 spiro atoms. The van der Waals surface area contributed by atoms with Crippen molar-refractivity contribution in [2.24, 2.45) is 0 Å². The van der Waals surface area contributed by atoms with E-state index in [1.54, 1.807) is 12.1 Å². The van der Waals surface area contributed by atoms with Crippen LogP contribution in [0.4, 0.5) is 0 Å². The lowest BCUT2D eigenvalue weighted by Gasteiger charge is -2.44. The zero-order valence-electron chi connectivity index (χ0n) is 16.7. The predicted molar refractivity (Wildman–Crippen MR) is 115 cm³/mol. The molecule has 1 aromatic heterocycles. The first-order valence-electron chi connectivity index (χ1n) is 10.6. The topological polar surface area (TPSA) is 55.4 Å². The number of H-pyrrole nitrogens is 1. The molecule has 5 rings (SSSR count). The Morgan fingerprint density at radius 2 is 1.86 bits per heavy atom. The number of hydrogen-bond acceptors (Lipinski definition) is 4. The third-order valence-electron chi connectivity index (χ3n) is 6.47. The summed E-state index contributed by atoms with van der Waals surface area (Å²) in [6, 6.07) is 19.4. The third-order valence-corrected chi connectivity index (χ3v) is 6.47. The predicted octanol–water partition coefficient (Wildman–Crippen LogP) is 3.67. The Hall–Kier alpha value is -2.63. The minimum absolute atomic E-state index is 0.287. The zero-order valence-corrected chi connectivity index (χ0v) is 16.7. The summed E-state index contributed by atoms with van der Waals surface area (Å²) in [5, 5.41) is 17.1. The molecule has 0 saturated carbocycles. The maximum atomic E-state index is 9.61. The SMILES string of the molecule is Oc1ccc(-c2[nH]ncc2CN2C[C@@H]3CCCN3C[C@@H]2Cc2ccccc2)cc1. The Labute approximate surface area is 172 Å². The molecule has 3 heterocycles. The van der Waals surface area contributed by atoms with E-state index in [9.17, 15) is 5.11 Å². The molecule has 0 radical (unpaired) electrons. The van der Waals surface area contributed by atoms with E-state index < -0.39 is 0 Å². The van der Waals surface area contributed by atoms with E-state index in [0.29, 0.717) is 12.1 Å².